The number of amides is 1. The third kappa shape index (κ3) is 3.65. The molecule has 0 saturated carbocycles. The summed E-state index contributed by atoms with van der Waals surface area (Å²) in [4.78, 5) is 21.4. The number of aromatic nitrogens is 3. The second-order valence-corrected chi connectivity index (χ2v) is 4.36. The van der Waals surface area contributed by atoms with Crippen molar-refractivity contribution in [1.82, 2.24) is 14.8 Å². The van der Waals surface area contributed by atoms with Crippen LogP contribution in [0.2, 0.25) is 0 Å². The van der Waals surface area contributed by atoms with Crippen molar-refractivity contribution in [2.75, 3.05) is 5.75 Å². The first-order valence-corrected chi connectivity index (χ1v) is 5.78. The fourth-order valence-electron chi connectivity index (χ4n) is 1.09. The number of hydrogen-bond donors (Lipinski definition) is 1. The lowest BCUT2D eigenvalue weighted by Gasteiger charge is -2.01. The highest BCUT2D eigenvalue weighted by Gasteiger charge is 2.10. The topological polar surface area (TPSA) is 90.9 Å². The van der Waals surface area contributed by atoms with Gasteiger partial charge in [0.2, 0.25) is 5.91 Å². The third-order valence-corrected chi connectivity index (χ3v) is 3.09. The van der Waals surface area contributed by atoms with Crippen molar-refractivity contribution in [3.05, 3.63) is 5.82 Å². The van der Waals surface area contributed by atoms with Gasteiger partial charge in [0.05, 0.1) is 5.75 Å². The van der Waals surface area contributed by atoms with Crippen molar-refractivity contribution >= 4 is 23.5 Å². The lowest BCUT2D eigenvalue weighted by molar-refractivity contribution is -0.118. The maximum atomic E-state index is 10.8. The van der Waals surface area contributed by atoms with E-state index in [1.165, 1.54) is 18.7 Å². The molecule has 0 saturated heterocycles. The molecule has 88 valence electrons. The summed E-state index contributed by atoms with van der Waals surface area (Å²) in [5.74, 6) is 0.805. The summed E-state index contributed by atoms with van der Waals surface area (Å²) in [6.07, 6.45) is 0.725. The van der Waals surface area contributed by atoms with Gasteiger partial charge in [0.25, 0.3) is 0 Å². The van der Waals surface area contributed by atoms with Gasteiger partial charge in [0.1, 0.15) is 11.6 Å². The molecule has 0 radical (unpaired) electrons. The highest BCUT2D eigenvalue weighted by atomic mass is 32.2. The summed E-state index contributed by atoms with van der Waals surface area (Å²) < 4.78 is 1.77. The Hall–Kier alpha value is -1.37. The second-order valence-electron chi connectivity index (χ2n) is 3.41. The van der Waals surface area contributed by atoms with Crippen LogP contribution >= 0.6 is 11.8 Å². The monoisotopic (exact) mass is 242 g/mol. The molecule has 1 rings (SSSR count). The summed E-state index contributed by atoms with van der Waals surface area (Å²) in [6.45, 7) is 1.53. The number of hydrogen-bond acceptors (Lipinski definition) is 5. The molecule has 2 N–H and O–H groups in total. The number of nitrogens with zero attached hydrogens (tertiary/aromatic N) is 3. The maximum absolute atomic E-state index is 10.8. The molecule has 0 fully saturated rings. The number of primary amides is 1. The smallest absolute Gasteiger partial charge is 0.217 e. The van der Waals surface area contributed by atoms with E-state index in [-0.39, 0.29) is 18.1 Å². The quantitative estimate of drug-likeness (QED) is 0.704. The fourth-order valence-corrected chi connectivity index (χ4v) is 1.82. The number of carbonyl (C=O) groups is 2. The van der Waals surface area contributed by atoms with Crippen molar-refractivity contribution < 1.29 is 9.59 Å². The zero-order valence-electron chi connectivity index (χ0n) is 9.27. The third-order valence-electron chi connectivity index (χ3n) is 1.92. The first-order chi connectivity index (χ1) is 7.50. The van der Waals surface area contributed by atoms with E-state index in [1.54, 1.807) is 11.6 Å². The van der Waals surface area contributed by atoms with Gasteiger partial charge in [-0.15, -0.1) is 10.2 Å². The average Bonchev–Trinajstić information content (AvgIpc) is 2.53. The molecule has 16 heavy (non-hydrogen) atoms. The second kappa shape index (κ2) is 5.64. The van der Waals surface area contributed by atoms with Gasteiger partial charge in [-0.1, -0.05) is 11.8 Å². The lowest BCUT2D eigenvalue weighted by atomic mass is 10.3. The number of thioether (sulfide) groups is 1. The molecule has 1 aromatic rings. The molecule has 0 aromatic carbocycles. The fraction of sp³-hybridized carbons (Fsp3) is 0.556. The van der Waals surface area contributed by atoms with Crippen LogP contribution < -0.4 is 5.73 Å². The number of rotatable bonds is 6. The zero-order chi connectivity index (χ0) is 12.1. The summed E-state index contributed by atoms with van der Waals surface area (Å²) in [5.41, 5.74) is 5.05. The molecule has 0 aliphatic rings. The van der Waals surface area contributed by atoms with Gasteiger partial charge in [-0.05, 0) is 6.92 Å². The number of Topliss-reactive ketones (excluding diaryl/α,β-unsaturated/α-hetero) is 1. The molecule has 0 spiro atoms. The predicted molar refractivity (Wildman–Crippen MR) is 59.9 cm³/mol. The minimum atomic E-state index is -0.360. The minimum Gasteiger partial charge on any atom is -0.370 e. The molecule has 1 amide bonds. The Balaban J connectivity index is 2.61. The van der Waals surface area contributed by atoms with Crippen LogP contribution in [0.15, 0.2) is 5.16 Å². The summed E-state index contributed by atoms with van der Waals surface area (Å²) in [6, 6.07) is 0. The van der Waals surface area contributed by atoms with E-state index in [2.05, 4.69) is 10.2 Å². The van der Waals surface area contributed by atoms with Crippen LogP contribution in [0.1, 0.15) is 19.2 Å². The summed E-state index contributed by atoms with van der Waals surface area (Å²) in [7, 11) is 1.80. The highest BCUT2D eigenvalue weighted by molar-refractivity contribution is 7.99. The van der Waals surface area contributed by atoms with Gasteiger partial charge in [0, 0.05) is 19.9 Å². The summed E-state index contributed by atoms with van der Waals surface area (Å²) >= 11 is 1.33. The van der Waals surface area contributed by atoms with Crippen LogP contribution in [0.25, 0.3) is 0 Å². The van der Waals surface area contributed by atoms with Crippen LogP contribution in [0.4, 0.5) is 0 Å². The lowest BCUT2D eigenvalue weighted by Crippen LogP contribution is -2.12. The number of carbonyl (C=O) groups excluding carboxylic acids is 2. The maximum Gasteiger partial charge on any atom is 0.217 e. The predicted octanol–water partition coefficient (Wildman–Crippen LogP) is -0.0859. The van der Waals surface area contributed by atoms with Gasteiger partial charge in [0.15, 0.2) is 5.16 Å². The molecule has 1 heterocycles. The minimum absolute atomic E-state index is 0.0895. The molecule has 0 aliphatic heterocycles. The first kappa shape index (κ1) is 12.7. The van der Waals surface area contributed by atoms with Gasteiger partial charge in [-0.3, -0.25) is 9.59 Å². The Labute approximate surface area is 97.6 Å². The van der Waals surface area contributed by atoms with E-state index >= 15 is 0 Å². The molecule has 0 aliphatic carbocycles. The Morgan fingerprint density at radius 1 is 1.44 bits per heavy atom. The van der Waals surface area contributed by atoms with Gasteiger partial charge < -0.3 is 10.3 Å². The van der Waals surface area contributed by atoms with Crippen molar-refractivity contribution in [3.63, 3.8) is 0 Å². The molecule has 0 bridgehead atoms. The van der Waals surface area contributed by atoms with Crippen LogP contribution in [0.3, 0.4) is 0 Å². The highest BCUT2D eigenvalue weighted by Crippen LogP contribution is 2.15. The van der Waals surface area contributed by atoms with Crippen molar-refractivity contribution in [1.29, 1.82) is 0 Å². The van der Waals surface area contributed by atoms with E-state index in [4.69, 9.17) is 5.73 Å². The molecule has 1 aromatic heterocycles. The Bertz CT molecular complexity index is 367. The Morgan fingerprint density at radius 3 is 2.69 bits per heavy atom. The largest absolute Gasteiger partial charge is 0.370 e. The van der Waals surface area contributed by atoms with Crippen LogP contribution in [0.5, 0.6) is 0 Å². The molecule has 6 nitrogen and oxygen atoms in total. The van der Waals surface area contributed by atoms with Gasteiger partial charge in [-0.2, -0.15) is 0 Å². The van der Waals surface area contributed by atoms with Crippen molar-refractivity contribution in [3.8, 4) is 0 Å². The van der Waals surface area contributed by atoms with E-state index in [0.29, 0.717) is 23.2 Å². The van der Waals surface area contributed by atoms with Gasteiger partial charge >= 0.3 is 0 Å². The van der Waals surface area contributed by atoms with Crippen molar-refractivity contribution in [2.45, 2.75) is 24.9 Å². The molecule has 0 unspecified atom stereocenters. The Morgan fingerprint density at radius 2 is 2.12 bits per heavy atom. The molecule has 7 heteroatoms. The Kier molecular flexibility index (Phi) is 4.48. The molecule has 0 atom stereocenters. The summed E-state index contributed by atoms with van der Waals surface area (Å²) in [5, 5.41) is 8.55. The standard InChI is InChI=1S/C9H14N4O2S/c1-6(14)5-16-9-12-11-8(13(9)2)4-3-7(10)15/h3-5H2,1-2H3,(H2,10,15). The zero-order valence-corrected chi connectivity index (χ0v) is 10.1. The average molecular weight is 242 g/mol. The van der Waals surface area contributed by atoms with E-state index in [9.17, 15) is 9.59 Å². The van der Waals surface area contributed by atoms with E-state index in [0.717, 1.165) is 0 Å². The number of aryl methyl sites for hydroxylation is 1. The SMILES string of the molecule is CC(=O)CSc1nnc(CCC(N)=O)n1C. The number of ketones is 1. The van der Waals surface area contributed by atoms with Crippen LogP contribution in [-0.2, 0) is 23.1 Å². The van der Waals surface area contributed by atoms with Gasteiger partial charge in [-0.25, -0.2) is 0 Å². The molecular formula is C9H14N4O2S. The van der Waals surface area contributed by atoms with E-state index in [1.807, 2.05) is 0 Å². The van der Waals surface area contributed by atoms with Crippen LogP contribution in [-0.4, -0.2) is 32.2 Å². The van der Waals surface area contributed by atoms with Crippen LogP contribution in [0, 0.1) is 0 Å². The molecular weight excluding hydrogens is 228 g/mol. The van der Waals surface area contributed by atoms with Crippen molar-refractivity contribution in [2.24, 2.45) is 12.8 Å². The normalized spacial score (nSPS) is 10.4. The van der Waals surface area contributed by atoms with E-state index < -0.39 is 0 Å². The number of nitrogens with two attached hydrogens (primary N) is 1. The first-order valence-electron chi connectivity index (χ1n) is 4.79.